The molecule has 35 heavy (non-hydrogen) atoms. The van der Waals surface area contributed by atoms with Gasteiger partial charge in [0.05, 0.1) is 11.3 Å². The van der Waals surface area contributed by atoms with Crippen LogP contribution in [0.15, 0.2) is 66.9 Å². The molecule has 3 N–H and O–H groups in total. The molecule has 2 heterocycles. The van der Waals surface area contributed by atoms with Crippen molar-refractivity contribution in [3.8, 4) is 11.8 Å². The largest absolute Gasteiger partial charge is 0.357 e. The highest BCUT2D eigenvalue weighted by Crippen LogP contribution is 2.19. The van der Waals surface area contributed by atoms with E-state index in [9.17, 15) is 9.59 Å². The Hall–Kier alpha value is -4.44. The number of nitrogens with zero attached hydrogens (tertiary/aromatic N) is 2. The molecule has 0 spiro atoms. The van der Waals surface area contributed by atoms with Crippen molar-refractivity contribution in [2.24, 2.45) is 0 Å². The van der Waals surface area contributed by atoms with Gasteiger partial charge in [0.2, 0.25) is 0 Å². The molecular formula is C28H27N5O2. The SMILES string of the molecule is CC#Cc1ccc(NC(=O)c2ccccc2NC(=O)c2ccc(C(=N)N3CCCCC3)cc2)nc1. The first-order valence-electron chi connectivity index (χ1n) is 11.6. The molecular weight excluding hydrogens is 438 g/mol. The van der Waals surface area contributed by atoms with Gasteiger partial charge in [-0.2, -0.15) is 0 Å². The van der Waals surface area contributed by atoms with Crippen molar-refractivity contribution in [1.82, 2.24) is 9.88 Å². The van der Waals surface area contributed by atoms with Crippen LogP contribution in [0.3, 0.4) is 0 Å². The Morgan fingerprint density at radius 3 is 2.29 bits per heavy atom. The highest BCUT2D eigenvalue weighted by molar-refractivity contribution is 6.12. The number of hydrogen-bond acceptors (Lipinski definition) is 4. The minimum absolute atomic E-state index is 0.323. The van der Waals surface area contributed by atoms with Crippen LogP contribution in [-0.2, 0) is 0 Å². The molecule has 1 saturated heterocycles. The molecule has 0 saturated carbocycles. The first kappa shape index (κ1) is 23.7. The summed E-state index contributed by atoms with van der Waals surface area (Å²) in [5.74, 6) is 5.88. The van der Waals surface area contributed by atoms with Crippen molar-refractivity contribution < 1.29 is 9.59 Å². The van der Waals surface area contributed by atoms with Gasteiger partial charge in [0, 0.05) is 36.0 Å². The second-order valence-corrected chi connectivity index (χ2v) is 8.23. The molecule has 0 aliphatic carbocycles. The first-order chi connectivity index (χ1) is 17.0. The summed E-state index contributed by atoms with van der Waals surface area (Å²) in [6.45, 7) is 3.54. The topological polar surface area (TPSA) is 98.2 Å². The van der Waals surface area contributed by atoms with E-state index in [0.717, 1.165) is 37.1 Å². The smallest absolute Gasteiger partial charge is 0.258 e. The number of benzene rings is 2. The number of carbonyl (C=O) groups is 2. The van der Waals surface area contributed by atoms with Crippen LogP contribution in [0.1, 0.15) is 58.0 Å². The molecule has 1 fully saturated rings. The summed E-state index contributed by atoms with van der Waals surface area (Å²) in [6, 6.07) is 17.3. The number of amidine groups is 1. The molecule has 2 amide bonds. The van der Waals surface area contributed by atoms with Gasteiger partial charge in [0.15, 0.2) is 0 Å². The van der Waals surface area contributed by atoms with E-state index in [1.165, 1.54) is 6.42 Å². The van der Waals surface area contributed by atoms with Crippen LogP contribution in [0.2, 0.25) is 0 Å². The van der Waals surface area contributed by atoms with Crippen LogP contribution in [0.4, 0.5) is 11.5 Å². The minimum Gasteiger partial charge on any atom is -0.357 e. The molecule has 7 heteroatoms. The molecule has 1 aromatic heterocycles. The fourth-order valence-corrected chi connectivity index (χ4v) is 3.93. The van der Waals surface area contributed by atoms with E-state index < -0.39 is 0 Å². The lowest BCUT2D eigenvalue weighted by atomic mass is 10.1. The summed E-state index contributed by atoms with van der Waals surface area (Å²) in [5.41, 5.74) is 2.71. The molecule has 3 aromatic rings. The number of rotatable bonds is 5. The third-order valence-corrected chi connectivity index (χ3v) is 5.79. The van der Waals surface area contributed by atoms with Crippen LogP contribution in [-0.4, -0.2) is 40.6 Å². The molecule has 176 valence electrons. The number of nitrogens with one attached hydrogen (secondary N) is 3. The minimum atomic E-state index is -0.381. The molecule has 0 radical (unpaired) electrons. The standard InChI is InChI=1S/C28H27N5O2/c1-2-8-20-11-16-25(30-19-20)32-28(35)23-9-4-5-10-24(23)31-27(34)22-14-12-21(13-15-22)26(29)33-17-6-3-7-18-33/h4-5,9-16,19,29H,3,6-7,17-18H2,1H3,(H,31,34)(H,30,32,35). The Morgan fingerprint density at radius 1 is 0.886 bits per heavy atom. The number of amides is 2. The Balaban J connectivity index is 1.43. The summed E-state index contributed by atoms with van der Waals surface area (Å²) in [7, 11) is 0. The second-order valence-electron chi connectivity index (χ2n) is 8.23. The zero-order valence-electron chi connectivity index (χ0n) is 19.6. The summed E-state index contributed by atoms with van der Waals surface area (Å²) in [5, 5.41) is 14.0. The number of carbonyl (C=O) groups excluding carboxylic acids is 2. The molecule has 0 atom stereocenters. The van der Waals surface area contributed by atoms with Crippen LogP contribution in [0.25, 0.3) is 0 Å². The Labute approximate surface area is 205 Å². The molecule has 4 rings (SSSR count). The number of anilines is 2. The van der Waals surface area contributed by atoms with Gasteiger partial charge in [-0.05, 0) is 62.6 Å². The van der Waals surface area contributed by atoms with Crippen molar-refractivity contribution in [3.05, 3.63) is 89.1 Å². The summed E-state index contributed by atoms with van der Waals surface area (Å²) in [4.78, 5) is 32.1. The summed E-state index contributed by atoms with van der Waals surface area (Å²) in [6.07, 6.45) is 5.00. The van der Waals surface area contributed by atoms with Gasteiger partial charge in [-0.3, -0.25) is 15.0 Å². The number of aromatic nitrogens is 1. The monoisotopic (exact) mass is 465 g/mol. The molecule has 0 bridgehead atoms. The molecule has 1 aliphatic heterocycles. The average molecular weight is 466 g/mol. The van der Waals surface area contributed by atoms with Crippen molar-refractivity contribution in [1.29, 1.82) is 5.41 Å². The van der Waals surface area contributed by atoms with Gasteiger partial charge in [-0.15, -0.1) is 5.92 Å². The third kappa shape index (κ3) is 5.92. The van der Waals surface area contributed by atoms with E-state index in [1.807, 2.05) is 0 Å². The Kier molecular flexibility index (Phi) is 7.53. The number of hydrogen-bond donors (Lipinski definition) is 3. The highest BCUT2D eigenvalue weighted by Gasteiger charge is 2.17. The zero-order chi connectivity index (χ0) is 24.6. The van der Waals surface area contributed by atoms with Gasteiger partial charge in [0.25, 0.3) is 11.8 Å². The van der Waals surface area contributed by atoms with E-state index in [2.05, 4.69) is 32.4 Å². The van der Waals surface area contributed by atoms with Gasteiger partial charge in [-0.25, -0.2) is 4.98 Å². The lowest BCUT2D eigenvalue weighted by Gasteiger charge is -2.29. The van der Waals surface area contributed by atoms with Gasteiger partial charge < -0.3 is 15.5 Å². The first-order valence-corrected chi connectivity index (χ1v) is 11.6. The third-order valence-electron chi connectivity index (χ3n) is 5.79. The van der Waals surface area contributed by atoms with Crippen LogP contribution < -0.4 is 10.6 Å². The summed E-state index contributed by atoms with van der Waals surface area (Å²) < 4.78 is 0. The molecule has 2 aromatic carbocycles. The predicted octanol–water partition coefficient (Wildman–Crippen LogP) is 4.77. The zero-order valence-corrected chi connectivity index (χ0v) is 19.6. The van der Waals surface area contributed by atoms with Gasteiger partial charge in [0.1, 0.15) is 11.7 Å². The lowest BCUT2D eigenvalue weighted by molar-refractivity contribution is 0.102. The maximum atomic E-state index is 12.9. The number of para-hydroxylation sites is 1. The van der Waals surface area contributed by atoms with Crippen molar-refractivity contribution in [2.45, 2.75) is 26.2 Å². The lowest BCUT2D eigenvalue weighted by Crippen LogP contribution is -2.35. The molecule has 0 unspecified atom stereocenters. The maximum Gasteiger partial charge on any atom is 0.258 e. The van der Waals surface area contributed by atoms with Crippen molar-refractivity contribution >= 4 is 29.2 Å². The van der Waals surface area contributed by atoms with Gasteiger partial charge >= 0.3 is 0 Å². The Bertz CT molecular complexity index is 1280. The highest BCUT2D eigenvalue weighted by atomic mass is 16.2. The van der Waals surface area contributed by atoms with Crippen molar-refractivity contribution in [3.63, 3.8) is 0 Å². The van der Waals surface area contributed by atoms with E-state index in [-0.39, 0.29) is 11.8 Å². The maximum absolute atomic E-state index is 12.9. The number of pyridine rings is 1. The molecule has 1 aliphatic rings. The van der Waals surface area contributed by atoms with Gasteiger partial charge in [-0.1, -0.05) is 30.2 Å². The second kappa shape index (κ2) is 11.1. The predicted molar refractivity (Wildman–Crippen MR) is 138 cm³/mol. The normalized spacial score (nSPS) is 12.8. The number of likely N-dealkylation sites (tertiary alicyclic amines) is 1. The van der Waals surface area contributed by atoms with E-state index in [1.54, 1.807) is 73.8 Å². The van der Waals surface area contributed by atoms with Crippen LogP contribution >= 0.6 is 0 Å². The van der Waals surface area contributed by atoms with E-state index in [4.69, 9.17) is 5.41 Å². The van der Waals surface area contributed by atoms with Crippen molar-refractivity contribution in [2.75, 3.05) is 23.7 Å². The Morgan fingerprint density at radius 2 is 1.60 bits per heavy atom. The van der Waals surface area contributed by atoms with Crippen LogP contribution in [0.5, 0.6) is 0 Å². The molecule has 7 nitrogen and oxygen atoms in total. The van der Waals surface area contributed by atoms with E-state index in [0.29, 0.717) is 28.5 Å². The fraction of sp³-hybridized carbons (Fsp3) is 0.214. The summed E-state index contributed by atoms with van der Waals surface area (Å²) >= 11 is 0. The van der Waals surface area contributed by atoms with Crippen LogP contribution in [0, 0.1) is 17.3 Å². The quantitative estimate of drug-likeness (QED) is 0.287. The average Bonchev–Trinajstić information content (AvgIpc) is 2.90. The van der Waals surface area contributed by atoms with E-state index >= 15 is 0 Å². The number of piperidine rings is 1. The fourth-order valence-electron chi connectivity index (χ4n) is 3.93.